The van der Waals surface area contributed by atoms with Crippen LogP contribution in [0.4, 0.5) is 10.1 Å². The van der Waals surface area contributed by atoms with Crippen molar-refractivity contribution >= 4 is 17.4 Å². The van der Waals surface area contributed by atoms with E-state index in [-0.39, 0.29) is 5.82 Å². The van der Waals surface area contributed by atoms with Crippen molar-refractivity contribution in [1.82, 2.24) is 15.2 Å². The van der Waals surface area contributed by atoms with E-state index >= 15 is 0 Å². The zero-order chi connectivity index (χ0) is 17.9. The summed E-state index contributed by atoms with van der Waals surface area (Å²) in [5, 5.41) is 12.2. The molecule has 26 heavy (non-hydrogen) atoms. The number of fused-ring (bicyclic) bond motifs is 3. The van der Waals surface area contributed by atoms with Gasteiger partial charge in [0.25, 0.3) is 0 Å². The van der Waals surface area contributed by atoms with Crippen LogP contribution >= 0.6 is 11.8 Å². The fraction of sp³-hybridized carbons (Fsp3) is 0.105. The number of halogens is 1. The van der Waals surface area contributed by atoms with E-state index in [2.05, 4.69) is 27.1 Å². The first-order valence-electron chi connectivity index (χ1n) is 8.01. The minimum absolute atomic E-state index is 0.317. The molecule has 0 saturated heterocycles. The number of anilines is 1. The number of rotatable bonds is 4. The quantitative estimate of drug-likeness (QED) is 0.543. The second-order valence-electron chi connectivity index (χ2n) is 5.56. The molecule has 2 aromatic carbocycles. The largest absolute Gasteiger partial charge is 0.448 e. The second-order valence-corrected chi connectivity index (χ2v) is 6.54. The molecule has 7 heteroatoms. The molecule has 0 spiro atoms. The lowest BCUT2D eigenvalue weighted by molar-refractivity contribution is 0.220. The van der Waals surface area contributed by atoms with Gasteiger partial charge in [-0.2, -0.15) is 4.98 Å². The van der Waals surface area contributed by atoms with Crippen LogP contribution in [0.2, 0.25) is 0 Å². The highest BCUT2D eigenvalue weighted by atomic mass is 32.2. The Balaban J connectivity index is 1.82. The van der Waals surface area contributed by atoms with Gasteiger partial charge in [0.05, 0.1) is 0 Å². The van der Waals surface area contributed by atoms with E-state index in [1.807, 2.05) is 24.3 Å². The molecular formula is C19H15FN4OS. The average molecular weight is 366 g/mol. The molecule has 130 valence electrons. The van der Waals surface area contributed by atoms with Crippen molar-refractivity contribution in [2.45, 2.75) is 11.4 Å². The van der Waals surface area contributed by atoms with Gasteiger partial charge in [-0.1, -0.05) is 54.2 Å². The molecule has 1 aliphatic rings. The Morgan fingerprint density at radius 2 is 1.96 bits per heavy atom. The minimum atomic E-state index is -0.729. The number of nitrogens with zero attached hydrogens (tertiary/aromatic N) is 3. The Morgan fingerprint density at radius 3 is 2.81 bits per heavy atom. The molecule has 4 rings (SSSR count). The zero-order valence-corrected chi connectivity index (χ0v) is 14.5. The number of hydrogen-bond donors (Lipinski definition) is 1. The average Bonchev–Trinajstić information content (AvgIpc) is 2.83. The van der Waals surface area contributed by atoms with Gasteiger partial charge < -0.3 is 10.1 Å². The summed E-state index contributed by atoms with van der Waals surface area (Å²) in [6.07, 6.45) is 1.03. The summed E-state index contributed by atoms with van der Waals surface area (Å²) in [7, 11) is 0. The lowest BCUT2D eigenvalue weighted by Crippen LogP contribution is -2.18. The number of benzene rings is 2. The maximum absolute atomic E-state index is 14.3. The Bertz CT molecular complexity index is 966. The van der Waals surface area contributed by atoms with Crippen molar-refractivity contribution in [2.75, 3.05) is 11.1 Å². The third kappa shape index (κ3) is 3.13. The minimum Gasteiger partial charge on any atom is -0.448 e. The van der Waals surface area contributed by atoms with Gasteiger partial charge in [0, 0.05) is 22.6 Å². The molecule has 1 atom stereocenters. The van der Waals surface area contributed by atoms with E-state index in [9.17, 15) is 4.39 Å². The van der Waals surface area contributed by atoms with Crippen LogP contribution in [0, 0.1) is 5.82 Å². The molecular weight excluding hydrogens is 351 g/mol. The number of aromatic nitrogens is 3. The van der Waals surface area contributed by atoms with Crippen molar-refractivity contribution in [3.8, 4) is 17.1 Å². The van der Waals surface area contributed by atoms with Crippen LogP contribution < -0.4 is 10.1 Å². The van der Waals surface area contributed by atoms with Gasteiger partial charge in [-0.25, -0.2) is 4.39 Å². The van der Waals surface area contributed by atoms with Gasteiger partial charge in [0.15, 0.2) is 5.69 Å². The summed E-state index contributed by atoms with van der Waals surface area (Å²) in [5.41, 5.74) is 2.51. The first kappa shape index (κ1) is 16.5. The van der Waals surface area contributed by atoms with E-state index in [1.165, 1.54) is 17.8 Å². The molecule has 1 aromatic heterocycles. The normalized spacial score (nSPS) is 15.0. The monoisotopic (exact) mass is 366 g/mol. The summed E-state index contributed by atoms with van der Waals surface area (Å²) in [5.74, 6) is 0.623. The fourth-order valence-corrected chi connectivity index (χ4v) is 3.18. The van der Waals surface area contributed by atoms with Crippen molar-refractivity contribution in [2.24, 2.45) is 0 Å². The lowest BCUT2D eigenvalue weighted by atomic mass is 10.1. The summed E-state index contributed by atoms with van der Waals surface area (Å²) in [4.78, 5) is 4.47. The Morgan fingerprint density at radius 1 is 1.15 bits per heavy atom. The van der Waals surface area contributed by atoms with Gasteiger partial charge in [-0.3, -0.25) is 0 Å². The summed E-state index contributed by atoms with van der Waals surface area (Å²) in [6, 6.07) is 14.1. The Kier molecular flexibility index (Phi) is 4.53. The van der Waals surface area contributed by atoms with E-state index in [4.69, 9.17) is 4.74 Å². The lowest BCUT2D eigenvalue weighted by Gasteiger charge is -2.19. The molecule has 0 amide bonds. The van der Waals surface area contributed by atoms with Crippen molar-refractivity contribution in [1.29, 1.82) is 0 Å². The molecule has 0 bridgehead atoms. The predicted octanol–water partition coefficient (Wildman–Crippen LogP) is 4.46. The highest BCUT2D eigenvalue weighted by molar-refractivity contribution is 7.99. The molecule has 0 radical (unpaired) electrons. The molecule has 0 fully saturated rings. The summed E-state index contributed by atoms with van der Waals surface area (Å²) in [6.45, 7) is 3.69. The third-order valence-corrected chi connectivity index (χ3v) is 4.69. The standard InChI is InChI=1S/C19H15FN4OS/c1-2-11-26-19-22-18-16(23-24-19)13-8-4-6-10-15(13)21-17(25-18)12-7-3-5-9-14(12)20/h2-10,17,21H,1,11H2. The molecule has 2 heterocycles. The van der Waals surface area contributed by atoms with Gasteiger partial charge in [-0.15, -0.1) is 16.8 Å². The number of para-hydroxylation sites is 1. The van der Waals surface area contributed by atoms with Crippen LogP contribution in [0.15, 0.2) is 66.3 Å². The maximum atomic E-state index is 14.3. The Hall–Kier alpha value is -2.93. The highest BCUT2D eigenvalue weighted by Crippen LogP contribution is 2.39. The van der Waals surface area contributed by atoms with Gasteiger partial charge >= 0.3 is 0 Å². The number of nitrogens with one attached hydrogen (secondary N) is 1. The number of thioether (sulfide) groups is 1. The molecule has 1 N–H and O–H groups in total. The first-order chi connectivity index (χ1) is 12.8. The number of hydrogen-bond acceptors (Lipinski definition) is 6. The Labute approximate surface area is 154 Å². The predicted molar refractivity (Wildman–Crippen MR) is 99.6 cm³/mol. The molecule has 1 unspecified atom stereocenters. The van der Waals surface area contributed by atoms with Crippen LogP contribution in [0.25, 0.3) is 11.3 Å². The third-order valence-electron chi connectivity index (χ3n) is 3.85. The topological polar surface area (TPSA) is 59.9 Å². The zero-order valence-electron chi connectivity index (χ0n) is 13.7. The van der Waals surface area contributed by atoms with E-state index in [0.29, 0.717) is 28.0 Å². The molecule has 0 saturated carbocycles. The summed E-state index contributed by atoms with van der Waals surface area (Å²) >= 11 is 1.40. The number of ether oxygens (including phenoxy) is 1. The molecule has 1 aliphatic heterocycles. The first-order valence-corrected chi connectivity index (χ1v) is 9.00. The van der Waals surface area contributed by atoms with E-state index < -0.39 is 6.23 Å². The summed E-state index contributed by atoms with van der Waals surface area (Å²) < 4.78 is 20.3. The second kappa shape index (κ2) is 7.13. The van der Waals surface area contributed by atoms with Crippen LogP contribution in [0.5, 0.6) is 5.88 Å². The van der Waals surface area contributed by atoms with Crippen LogP contribution in [-0.2, 0) is 0 Å². The molecule has 5 nitrogen and oxygen atoms in total. The van der Waals surface area contributed by atoms with Gasteiger partial charge in [0.2, 0.25) is 17.3 Å². The van der Waals surface area contributed by atoms with Crippen molar-refractivity contribution in [3.63, 3.8) is 0 Å². The van der Waals surface area contributed by atoms with Gasteiger partial charge in [-0.05, 0) is 12.1 Å². The van der Waals surface area contributed by atoms with Crippen molar-refractivity contribution in [3.05, 3.63) is 72.6 Å². The maximum Gasteiger partial charge on any atom is 0.247 e. The van der Waals surface area contributed by atoms with E-state index in [0.717, 1.165) is 11.3 Å². The highest BCUT2D eigenvalue weighted by Gasteiger charge is 2.27. The van der Waals surface area contributed by atoms with Crippen LogP contribution in [0.3, 0.4) is 0 Å². The fourth-order valence-electron chi connectivity index (χ4n) is 2.67. The van der Waals surface area contributed by atoms with Gasteiger partial charge in [0.1, 0.15) is 5.82 Å². The van der Waals surface area contributed by atoms with E-state index in [1.54, 1.807) is 24.3 Å². The van der Waals surface area contributed by atoms with Crippen LogP contribution in [-0.4, -0.2) is 20.9 Å². The van der Waals surface area contributed by atoms with Crippen LogP contribution in [0.1, 0.15) is 11.8 Å². The SMILES string of the molecule is C=CCSc1nnc2c(n1)OC(c1ccccc1F)Nc1ccccc1-2. The van der Waals surface area contributed by atoms with Crippen molar-refractivity contribution < 1.29 is 9.13 Å². The molecule has 0 aliphatic carbocycles. The smallest absolute Gasteiger partial charge is 0.247 e. The molecule has 3 aromatic rings.